The van der Waals surface area contributed by atoms with Gasteiger partial charge >= 0.3 is 0 Å². The second kappa shape index (κ2) is 7.50. The summed E-state index contributed by atoms with van der Waals surface area (Å²) < 4.78 is 10.7. The number of amides is 1. The Morgan fingerprint density at radius 3 is 2.14 bits per heavy atom. The maximum atomic E-state index is 12.2. The Morgan fingerprint density at radius 1 is 0.955 bits per heavy atom. The predicted octanol–water partition coefficient (Wildman–Crippen LogP) is 3.34. The van der Waals surface area contributed by atoms with Crippen molar-refractivity contribution in [3.05, 3.63) is 60.2 Å². The van der Waals surface area contributed by atoms with E-state index in [0.717, 1.165) is 11.3 Å². The summed E-state index contributed by atoms with van der Waals surface area (Å²) in [7, 11) is 1.61. The fourth-order valence-electron chi connectivity index (χ4n) is 2.07. The maximum Gasteiger partial charge on any atom is 0.261 e. The molecule has 0 saturated carbocycles. The van der Waals surface area contributed by atoms with Crippen molar-refractivity contribution >= 4 is 5.91 Å². The average molecular weight is 299 g/mol. The number of hydrogen-bond donors (Lipinski definition) is 1. The van der Waals surface area contributed by atoms with Gasteiger partial charge in [-0.1, -0.05) is 30.3 Å². The molecule has 0 aromatic heterocycles. The van der Waals surface area contributed by atoms with E-state index in [4.69, 9.17) is 9.47 Å². The first-order valence-electron chi connectivity index (χ1n) is 7.26. The lowest BCUT2D eigenvalue weighted by molar-refractivity contribution is -0.127. The molecule has 0 aliphatic rings. The molecule has 0 heterocycles. The lowest BCUT2D eigenvalue weighted by Gasteiger charge is -2.19. The largest absolute Gasteiger partial charge is 0.497 e. The van der Waals surface area contributed by atoms with Crippen LogP contribution in [0.1, 0.15) is 25.5 Å². The van der Waals surface area contributed by atoms with E-state index >= 15 is 0 Å². The molecule has 0 saturated heterocycles. The van der Waals surface area contributed by atoms with Gasteiger partial charge in [0, 0.05) is 0 Å². The van der Waals surface area contributed by atoms with Crippen molar-refractivity contribution in [3.8, 4) is 11.5 Å². The molecule has 1 N–H and O–H groups in total. The second-order valence-corrected chi connectivity index (χ2v) is 5.08. The zero-order chi connectivity index (χ0) is 15.9. The Bertz CT molecular complexity index is 595. The highest BCUT2D eigenvalue weighted by molar-refractivity contribution is 5.81. The van der Waals surface area contributed by atoms with Gasteiger partial charge in [-0.2, -0.15) is 0 Å². The van der Waals surface area contributed by atoms with Crippen LogP contribution in [0.3, 0.4) is 0 Å². The molecular weight excluding hydrogens is 278 g/mol. The van der Waals surface area contributed by atoms with Crippen molar-refractivity contribution in [1.82, 2.24) is 5.32 Å². The minimum atomic E-state index is -0.570. The Hall–Kier alpha value is -2.49. The molecule has 0 radical (unpaired) electrons. The molecule has 2 rings (SSSR count). The molecule has 2 atom stereocenters. The summed E-state index contributed by atoms with van der Waals surface area (Å²) in [5, 5.41) is 2.95. The van der Waals surface area contributed by atoms with Crippen LogP contribution in [0.2, 0.25) is 0 Å². The smallest absolute Gasteiger partial charge is 0.261 e. The molecule has 0 spiro atoms. The summed E-state index contributed by atoms with van der Waals surface area (Å²) in [6.07, 6.45) is -0.570. The SMILES string of the molecule is COc1ccc(O[C@@H](C)C(=O)N[C@@H](C)c2ccccc2)cc1. The summed E-state index contributed by atoms with van der Waals surface area (Å²) in [5.41, 5.74) is 1.06. The molecule has 4 nitrogen and oxygen atoms in total. The molecule has 0 aliphatic heterocycles. The van der Waals surface area contributed by atoms with E-state index in [1.54, 1.807) is 38.3 Å². The number of benzene rings is 2. The Kier molecular flexibility index (Phi) is 5.42. The van der Waals surface area contributed by atoms with Gasteiger partial charge in [-0.15, -0.1) is 0 Å². The van der Waals surface area contributed by atoms with E-state index < -0.39 is 6.10 Å². The highest BCUT2D eigenvalue weighted by Crippen LogP contribution is 2.18. The van der Waals surface area contributed by atoms with Gasteiger partial charge in [-0.3, -0.25) is 4.79 Å². The molecule has 2 aromatic rings. The highest BCUT2D eigenvalue weighted by atomic mass is 16.5. The van der Waals surface area contributed by atoms with Crippen molar-refractivity contribution in [2.45, 2.75) is 26.0 Å². The summed E-state index contributed by atoms with van der Waals surface area (Å²) in [6.45, 7) is 3.69. The minimum absolute atomic E-state index is 0.0596. The predicted molar refractivity (Wildman–Crippen MR) is 86.1 cm³/mol. The van der Waals surface area contributed by atoms with Crippen LogP contribution in [0.15, 0.2) is 54.6 Å². The topological polar surface area (TPSA) is 47.6 Å². The lowest BCUT2D eigenvalue weighted by Crippen LogP contribution is -2.37. The summed E-state index contributed by atoms with van der Waals surface area (Å²) in [5.74, 6) is 1.24. The fraction of sp³-hybridized carbons (Fsp3) is 0.278. The van der Waals surface area contributed by atoms with E-state index in [-0.39, 0.29) is 11.9 Å². The number of methoxy groups -OCH3 is 1. The summed E-state index contributed by atoms with van der Waals surface area (Å²) in [6, 6.07) is 16.9. The van der Waals surface area contributed by atoms with Gasteiger partial charge in [0.05, 0.1) is 13.2 Å². The van der Waals surface area contributed by atoms with Crippen molar-refractivity contribution in [2.24, 2.45) is 0 Å². The Balaban J connectivity index is 1.91. The van der Waals surface area contributed by atoms with Crippen LogP contribution >= 0.6 is 0 Å². The van der Waals surface area contributed by atoms with Gasteiger partial charge in [0.1, 0.15) is 11.5 Å². The van der Waals surface area contributed by atoms with Gasteiger partial charge in [-0.25, -0.2) is 0 Å². The molecule has 0 aliphatic carbocycles. The molecule has 2 aromatic carbocycles. The minimum Gasteiger partial charge on any atom is -0.497 e. The quantitative estimate of drug-likeness (QED) is 0.890. The fourth-order valence-corrected chi connectivity index (χ4v) is 2.07. The third kappa shape index (κ3) is 4.25. The van der Waals surface area contributed by atoms with Gasteiger partial charge in [-0.05, 0) is 43.7 Å². The molecule has 22 heavy (non-hydrogen) atoms. The first-order valence-corrected chi connectivity index (χ1v) is 7.26. The number of rotatable bonds is 6. The zero-order valence-corrected chi connectivity index (χ0v) is 13.1. The molecule has 4 heteroatoms. The molecule has 0 fully saturated rings. The van der Waals surface area contributed by atoms with E-state index in [0.29, 0.717) is 5.75 Å². The van der Waals surface area contributed by atoms with Crippen molar-refractivity contribution in [3.63, 3.8) is 0 Å². The van der Waals surface area contributed by atoms with Crippen LogP contribution in [0, 0.1) is 0 Å². The Labute approximate surface area is 131 Å². The van der Waals surface area contributed by atoms with Gasteiger partial charge in [0.15, 0.2) is 6.10 Å². The van der Waals surface area contributed by atoms with Crippen LogP contribution in [0.4, 0.5) is 0 Å². The van der Waals surface area contributed by atoms with Crippen molar-refractivity contribution in [1.29, 1.82) is 0 Å². The third-order valence-corrected chi connectivity index (χ3v) is 3.40. The van der Waals surface area contributed by atoms with E-state index in [1.165, 1.54) is 0 Å². The molecule has 116 valence electrons. The zero-order valence-electron chi connectivity index (χ0n) is 13.1. The summed E-state index contributed by atoms with van der Waals surface area (Å²) in [4.78, 5) is 12.2. The first-order chi connectivity index (χ1) is 10.6. The van der Waals surface area contributed by atoms with E-state index in [2.05, 4.69) is 5.32 Å². The molecular formula is C18H21NO3. The average Bonchev–Trinajstić information content (AvgIpc) is 2.56. The third-order valence-electron chi connectivity index (χ3n) is 3.40. The maximum absolute atomic E-state index is 12.2. The number of nitrogens with one attached hydrogen (secondary N) is 1. The van der Waals surface area contributed by atoms with E-state index in [9.17, 15) is 4.79 Å². The van der Waals surface area contributed by atoms with Crippen molar-refractivity contribution in [2.75, 3.05) is 7.11 Å². The Morgan fingerprint density at radius 2 is 1.55 bits per heavy atom. The van der Waals surface area contributed by atoms with Crippen LogP contribution in [0.5, 0.6) is 11.5 Å². The monoisotopic (exact) mass is 299 g/mol. The molecule has 0 bridgehead atoms. The van der Waals surface area contributed by atoms with Crippen LogP contribution in [-0.4, -0.2) is 19.1 Å². The van der Waals surface area contributed by atoms with Crippen molar-refractivity contribution < 1.29 is 14.3 Å². The van der Waals surface area contributed by atoms with Gasteiger partial charge in [0.25, 0.3) is 5.91 Å². The number of ether oxygens (including phenoxy) is 2. The van der Waals surface area contributed by atoms with Crippen LogP contribution < -0.4 is 14.8 Å². The van der Waals surface area contributed by atoms with Gasteiger partial charge in [0.2, 0.25) is 0 Å². The van der Waals surface area contributed by atoms with Gasteiger partial charge < -0.3 is 14.8 Å². The number of hydrogen-bond acceptors (Lipinski definition) is 3. The first kappa shape index (κ1) is 15.9. The van der Waals surface area contributed by atoms with Crippen LogP contribution in [0.25, 0.3) is 0 Å². The lowest BCUT2D eigenvalue weighted by atomic mass is 10.1. The number of carbonyl (C=O) groups excluding carboxylic acids is 1. The van der Waals surface area contributed by atoms with Crippen LogP contribution in [-0.2, 0) is 4.79 Å². The standard InChI is InChI=1S/C18H21NO3/c1-13(15-7-5-4-6-8-15)19-18(20)14(2)22-17-11-9-16(21-3)10-12-17/h4-14H,1-3H3,(H,19,20)/t13-,14-/m0/s1. The normalized spacial score (nSPS) is 13.0. The number of carbonyl (C=O) groups is 1. The molecule has 0 unspecified atom stereocenters. The second-order valence-electron chi connectivity index (χ2n) is 5.08. The molecule has 1 amide bonds. The highest BCUT2D eigenvalue weighted by Gasteiger charge is 2.17. The summed E-state index contributed by atoms with van der Waals surface area (Å²) >= 11 is 0. The van der Waals surface area contributed by atoms with E-state index in [1.807, 2.05) is 37.3 Å².